The molecule has 0 bridgehead atoms. The molecule has 1 aromatic carbocycles. The van der Waals surface area contributed by atoms with E-state index in [-0.39, 0.29) is 29.7 Å². The van der Waals surface area contributed by atoms with Gasteiger partial charge in [0, 0.05) is 31.7 Å². The average Bonchev–Trinajstić information content (AvgIpc) is 2.70. The van der Waals surface area contributed by atoms with E-state index in [9.17, 15) is 8.78 Å². The van der Waals surface area contributed by atoms with Crippen molar-refractivity contribution < 1.29 is 18.3 Å². The summed E-state index contributed by atoms with van der Waals surface area (Å²) in [6, 6.07) is 5.61. The first-order valence-corrected chi connectivity index (χ1v) is 9.97. The van der Waals surface area contributed by atoms with Gasteiger partial charge in [0.2, 0.25) is 0 Å². The normalized spacial score (nSPS) is 17.6. The summed E-state index contributed by atoms with van der Waals surface area (Å²) in [5.74, 6) is 1.00. The van der Waals surface area contributed by atoms with E-state index < -0.39 is 6.61 Å². The summed E-state index contributed by atoms with van der Waals surface area (Å²) in [5.41, 5.74) is 0.585. The number of piperidine rings is 1. The third-order valence-corrected chi connectivity index (χ3v) is 4.90. The molecule has 1 atom stereocenters. The van der Waals surface area contributed by atoms with Gasteiger partial charge in [-0.1, -0.05) is 25.5 Å². The minimum atomic E-state index is -2.91. The van der Waals surface area contributed by atoms with Crippen LogP contribution in [0.5, 0.6) is 11.5 Å². The van der Waals surface area contributed by atoms with E-state index in [1.165, 1.54) is 19.3 Å². The molecule has 0 spiro atoms. The molecule has 1 saturated heterocycles. The molecule has 2 N–H and O–H groups in total. The third kappa shape index (κ3) is 8.12. The monoisotopic (exact) mass is 526 g/mol. The number of guanidine groups is 1. The zero-order valence-electron chi connectivity index (χ0n) is 17.4. The number of aliphatic imine (C=N–C) groups is 1. The van der Waals surface area contributed by atoms with Crippen LogP contribution in [0.2, 0.25) is 0 Å². The Labute approximate surface area is 189 Å². The van der Waals surface area contributed by atoms with E-state index in [0.29, 0.717) is 36.5 Å². The van der Waals surface area contributed by atoms with E-state index in [1.807, 2.05) is 0 Å². The molecule has 1 heterocycles. The van der Waals surface area contributed by atoms with Crippen molar-refractivity contribution in [2.45, 2.75) is 52.3 Å². The molecule has 1 unspecified atom stereocenters. The Hall–Kier alpha value is -1.36. The number of para-hydroxylation sites is 1. The summed E-state index contributed by atoms with van der Waals surface area (Å²) >= 11 is 0. The number of nitrogens with one attached hydrogen (secondary N) is 2. The van der Waals surface area contributed by atoms with Gasteiger partial charge in [-0.25, -0.2) is 0 Å². The maximum absolute atomic E-state index is 12.8. The van der Waals surface area contributed by atoms with Crippen LogP contribution < -0.4 is 20.1 Å². The van der Waals surface area contributed by atoms with Gasteiger partial charge in [-0.2, -0.15) is 8.78 Å². The van der Waals surface area contributed by atoms with Crippen LogP contribution in [0.4, 0.5) is 8.78 Å². The maximum atomic E-state index is 12.8. The van der Waals surface area contributed by atoms with Crippen molar-refractivity contribution >= 4 is 29.9 Å². The number of ether oxygens (including phenoxy) is 2. The molecule has 1 fully saturated rings. The van der Waals surface area contributed by atoms with E-state index in [2.05, 4.69) is 27.4 Å². The van der Waals surface area contributed by atoms with Gasteiger partial charge in [0.15, 0.2) is 17.5 Å². The Bertz CT molecular complexity index is 634. The van der Waals surface area contributed by atoms with Gasteiger partial charge >= 0.3 is 6.61 Å². The molecular formula is C20H33F2IN4O2. The lowest BCUT2D eigenvalue weighted by molar-refractivity contribution is -0.0520. The van der Waals surface area contributed by atoms with Crippen LogP contribution in [0.15, 0.2) is 23.2 Å². The first-order chi connectivity index (χ1) is 13.6. The zero-order chi connectivity index (χ0) is 20.4. The van der Waals surface area contributed by atoms with Crippen LogP contribution in [0, 0.1) is 0 Å². The minimum Gasteiger partial charge on any atom is -0.490 e. The van der Waals surface area contributed by atoms with E-state index in [1.54, 1.807) is 32.2 Å². The van der Waals surface area contributed by atoms with Crippen LogP contribution in [-0.4, -0.2) is 56.8 Å². The van der Waals surface area contributed by atoms with E-state index in [0.717, 1.165) is 19.6 Å². The summed E-state index contributed by atoms with van der Waals surface area (Å²) in [5, 5.41) is 6.53. The fourth-order valence-corrected chi connectivity index (χ4v) is 3.51. The number of likely N-dealkylation sites (tertiary alicyclic amines) is 1. The Kier molecular flexibility index (Phi) is 12.2. The highest BCUT2D eigenvalue weighted by molar-refractivity contribution is 14.0. The van der Waals surface area contributed by atoms with Crippen molar-refractivity contribution in [2.24, 2.45) is 4.99 Å². The average molecular weight is 526 g/mol. The predicted molar refractivity (Wildman–Crippen MR) is 123 cm³/mol. The predicted octanol–water partition coefficient (Wildman–Crippen LogP) is 3.84. The van der Waals surface area contributed by atoms with Crippen molar-refractivity contribution in [2.75, 3.05) is 33.3 Å². The van der Waals surface area contributed by atoms with Gasteiger partial charge < -0.3 is 20.1 Å². The van der Waals surface area contributed by atoms with Gasteiger partial charge in [0.1, 0.15) is 0 Å². The molecule has 6 nitrogen and oxygen atoms in total. The zero-order valence-corrected chi connectivity index (χ0v) is 19.7. The van der Waals surface area contributed by atoms with Crippen molar-refractivity contribution in [1.82, 2.24) is 15.5 Å². The quantitative estimate of drug-likeness (QED) is 0.291. The van der Waals surface area contributed by atoms with Gasteiger partial charge in [-0.3, -0.25) is 9.89 Å². The maximum Gasteiger partial charge on any atom is 0.387 e. The van der Waals surface area contributed by atoms with Gasteiger partial charge in [0.25, 0.3) is 0 Å². The molecule has 1 aromatic rings. The molecule has 9 heteroatoms. The number of benzene rings is 1. The van der Waals surface area contributed by atoms with Gasteiger partial charge in [-0.05, 0) is 38.9 Å². The van der Waals surface area contributed by atoms with Crippen molar-refractivity contribution in [3.05, 3.63) is 23.8 Å². The first kappa shape index (κ1) is 25.7. The van der Waals surface area contributed by atoms with Crippen LogP contribution in [0.3, 0.4) is 0 Å². The van der Waals surface area contributed by atoms with Crippen LogP contribution in [-0.2, 0) is 6.54 Å². The third-order valence-electron chi connectivity index (χ3n) is 4.90. The number of halogens is 3. The van der Waals surface area contributed by atoms with E-state index >= 15 is 0 Å². The standard InChI is InChI=1S/C20H32F2N4O2.HI/c1-4-26-12-7-6-10-16(26)14-25-20(23-3)24-13-15-9-8-11-17(27-5-2)18(15)28-19(21)22;/h8-9,11,16,19H,4-7,10,12-14H2,1-3H3,(H2,23,24,25);1H. The summed E-state index contributed by atoms with van der Waals surface area (Å²) in [6.07, 6.45) is 3.66. The van der Waals surface area contributed by atoms with Crippen molar-refractivity contribution in [1.29, 1.82) is 0 Å². The number of hydrogen-bond acceptors (Lipinski definition) is 4. The molecule has 166 valence electrons. The van der Waals surface area contributed by atoms with Crippen molar-refractivity contribution in [3.63, 3.8) is 0 Å². The fourth-order valence-electron chi connectivity index (χ4n) is 3.51. The lowest BCUT2D eigenvalue weighted by Crippen LogP contribution is -2.48. The second kappa shape index (κ2) is 13.8. The summed E-state index contributed by atoms with van der Waals surface area (Å²) < 4.78 is 35.8. The summed E-state index contributed by atoms with van der Waals surface area (Å²) in [7, 11) is 1.70. The number of likely N-dealkylation sites (N-methyl/N-ethyl adjacent to an activating group) is 1. The number of rotatable bonds is 9. The smallest absolute Gasteiger partial charge is 0.387 e. The minimum absolute atomic E-state index is 0. The van der Waals surface area contributed by atoms with Crippen LogP contribution in [0.1, 0.15) is 38.7 Å². The Balaban J connectivity index is 0.00000420. The molecule has 2 rings (SSSR count). The molecule has 0 amide bonds. The molecule has 0 aliphatic carbocycles. The Morgan fingerprint density at radius 1 is 1.28 bits per heavy atom. The fraction of sp³-hybridized carbons (Fsp3) is 0.650. The molecule has 29 heavy (non-hydrogen) atoms. The molecular weight excluding hydrogens is 493 g/mol. The van der Waals surface area contributed by atoms with Crippen LogP contribution in [0.25, 0.3) is 0 Å². The number of alkyl halides is 2. The molecule has 1 aliphatic rings. The molecule has 0 aromatic heterocycles. The second-order valence-electron chi connectivity index (χ2n) is 6.64. The lowest BCUT2D eigenvalue weighted by Gasteiger charge is -2.35. The number of nitrogens with zero attached hydrogens (tertiary/aromatic N) is 2. The molecule has 0 radical (unpaired) electrons. The summed E-state index contributed by atoms with van der Waals surface area (Å²) in [4.78, 5) is 6.72. The Morgan fingerprint density at radius 3 is 2.72 bits per heavy atom. The Morgan fingerprint density at radius 2 is 2.07 bits per heavy atom. The van der Waals surface area contributed by atoms with Gasteiger partial charge in [0.05, 0.1) is 6.61 Å². The van der Waals surface area contributed by atoms with E-state index in [4.69, 9.17) is 9.47 Å². The highest BCUT2D eigenvalue weighted by Crippen LogP contribution is 2.32. The van der Waals surface area contributed by atoms with Crippen LogP contribution >= 0.6 is 24.0 Å². The van der Waals surface area contributed by atoms with Gasteiger partial charge in [-0.15, -0.1) is 24.0 Å². The molecule has 0 saturated carbocycles. The number of hydrogen-bond donors (Lipinski definition) is 2. The first-order valence-electron chi connectivity index (χ1n) is 9.97. The van der Waals surface area contributed by atoms with Crippen molar-refractivity contribution in [3.8, 4) is 11.5 Å². The lowest BCUT2D eigenvalue weighted by atomic mass is 10.0. The highest BCUT2D eigenvalue weighted by Gasteiger charge is 2.21. The SMILES string of the molecule is CCOc1cccc(CNC(=NC)NCC2CCCCN2CC)c1OC(F)F.I. The highest BCUT2D eigenvalue weighted by atomic mass is 127. The second-order valence-corrected chi connectivity index (χ2v) is 6.64. The topological polar surface area (TPSA) is 58.1 Å². The largest absolute Gasteiger partial charge is 0.490 e. The summed E-state index contributed by atoms with van der Waals surface area (Å²) in [6.45, 7) is 4.70. The molecule has 1 aliphatic heterocycles.